The maximum absolute atomic E-state index is 11.3. The van der Waals surface area contributed by atoms with Crippen LogP contribution in [-0.4, -0.2) is 26.0 Å². The van der Waals surface area contributed by atoms with Crippen molar-refractivity contribution in [3.8, 4) is 0 Å². The first kappa shape index (κ1) is 16.4. The van der Waals surface area contributed by atoms with E-state index in [2.05, 4.69) is 25.6 Å². The number of hydrogen-bond acceptors (Lipinski definition) is 6. The summed E-state index contributed by atoms with van der Waals surface area (Å²) in [7, 11) is 0. The van der Waals surface area contributed by atoms with Crippen LogP contribution in [0.4, 0.5) is 17.5 Å². The number of aromatic nitrogens is 3. The Morgan fingerprint density at radius 2 is 1.88 bits per heavy atom. The summed E-state index contributed by atoms with van der Waals surface area (Å²) in [5, 5.41) is 15.5. The van der Waals surface area contributed by atoms with E-state index < -0.39 is 5.97 Å². The number of nitrogens with zero attached hydrogens (tertiary/aromatic N) is 3. The molecule has 0 saturated carbocycles. The number of carbonyl (C=O) groups is 1. The van der Waals surface area contributed by atoms with Gasteiger partial charge in [0.15, 0.2) is 0 Å². The van der Waals surface area contributed by atoms with Crippen molar-refractivity contribution >= 4 is 23.4 Å². The summed E-state index contributed by atoms with van der Waals surface area (Å²) in [6.45, 7) is 2.42. The minimum atomic E-state index is -0.995. The van der Waals surface area contributed by atoms with Crippen LogP contribution < -0.4 is 10.6 Å². The number of para-hydroxylation sites is 1. The standard InChI is InChI=1S/C18H17N5O2/c1-12-10-16(22-15-5-3-2-4-14(15)17(24)25)23-18(21-12)20-11-13-6-8-19-9-7-13/h2-10H,11H2,1H3,(H,24,25)(H2,20,21,22,23). The summed E-state index contributed by atoms with van der Waals surface area (Å²) < 4.78 is 0. The van der Waals surface area contributed by atoms with Crippen LogP contribution in [0, 0.1) is 6.92 Å². The van der Waals surface area contributed by atoms with Crippen molar-refractivity contribution in [2.45, 2.75) is 13.5 Å². The molecule has 3 N–H and O–H groups in total. The molecule has 0 bridgehead atoms. The molecule has 3 aromatic rings. The molecule has 0 spiro atoms. The molecule has 0 saturated heterocycles. The molecule has 7 heteroatoms. The summed E-state index contributed by atoms with van der Waals surface area (Å²) in [5.74, 6) is -0.00420. The summed E-state index contributed by atoms with van der Waals surface area (Å²) >= 11 is 0. The highest BCUT2D eigenvalue weighted by molar-refractivity contribution is 5.95. The SMILES string of the molecule is Cc1cc(Nc2ccccc2C(=O)O)nc(NCc2ccncc2)n1. The third-order valence-corrected chi connectivity index (χ3v) is 3.47. The fourth-order valence-electron chi connectivity index (χ4n) is 2.31. The first-order valence-electron chi connectivity index (χ1n) is 7.69. The molecule has 0 amide bonds. The molecule has 0 atom stereocenters. The number of carboxylic acids is 1. The Morgan fingerprint density at radius 3 is 2.64 bits per heavy atom. The second-order valence-electron chi connectivity index (χ2n) is 5.40. The van der Waals surface area contributed by atoms with Gasteiger partial charge in [0.05, 0.1) is 11.3 Å². The number of anilines is 3. The Bertz CT molecular complexity index is 884. The largest absolute Gasteiger partial charge is 0.478 e. The van der Waals surface area contributed by atoms with Gasteiger partial charge in [0.25, 0.3) is 0 Å². The van der Waals surface area contributed by atoms with Crippen molar-refractivity contribution in [3.05, 3.63) is 71.7 Å². The average Bonchev–Trinajstić information content (AvgIpc) is 2.61. The lowest BCUT2D eigenvalue weighted by Crippen LogP contribution is -2.08. The minimum absolute atomic E-state index is 0.185. The number of pyridine rings is 1. The summed E-state index contributed by atoms with van der Waals surface area (Å²) in [6, 6.07) is 12.3. The van der Waals surface area contributed by atoms with Crippen molar-refractivity contribution in [1.82, 2.24) is 15.0 Å². The molecular formula is C18H17N5O2. The number of hydrogen-bond donors (Lipinski definition) is 3. The minimum Gasteiger partial charge on any atom is -0.478 e. The van der Waals surface area contributed by atoms with Gasteiger partial charge in [-0.2, -0.15) is 4.98 Å². The van der Waals surface area contributed by atoms with Crippen LogP contribution in [0.3, 0.4) is 0 Å². The van der Waals surface area contributed by atoms with Crippen LogP contribution in [0.1, 0.15) is 21.6 Å². The van der Waals surface area contributed by atoms with Gasteiger partial charge in [0, 0.05) is 30.7 Å². The highest BCUT2D eigenvalue weighted by Gasteiger charge is 2.10. The molecule has 0 aliphatic carbocycles. The zero-order valence-electron chi connectivity index (χ0n) is 13.6. The first-order chi connectivity index (χ1) is 12.1. The number of aromatic carboxylic acids is 1. The van der Waals surface area contributed by atoms with E-state index >= 15 is 0 Å². The Morgan fingerprint density at radius 1 is 1.12 bits per heavy atom. The molecular weight excluding hydrogens is 318 g/mol. The Hall–Kier alpha value is -3.48. The maximum atomic E-state index is 11.3. The average molecular weight is 335 g/mol. The van der Waals surface area contributed by atoms with E-state index in [0.29, 0.717) is 24.0 Å². The number of nitrogens with one attached hydrogen (secondary N) is 2. The quantitative estimate of drug-likeness (QED) is 0.636. The monoisotopic (exact) mass is 335 g/mol. The number of rotatable bonds is 6. The predicted octanol–water partition coefficient (Wildman–Crippen LogP) is 3.23. The highest BCUT2D eigenvalue weighted by atomic mass is 16.4. The topological polar surface area (TPSA) is 100 Å². The fourth-order valence-corrected chi connectivity index (χ4v) is 2.31. The molecule has 7 nitrogen and oxygen atoms in total. The van der Waals surface area contributed by atoms with Crippen molar-refractivity contribution in [1.29, 1.82) is 0 Å². The molecule has 0 radical (unpaired) electrons. The van der Waals surface area contributed by atoms with E-state index in [-0.39, 0.29) is 5.56 Å². The van der Waals surface area contributed by atoms with Crippen molar-refractivity contribution < 1.29 is 9.90 Å². The van der Waals surface area contributed by atoms with Crippen molar-refractivity contribution in [2.75, 3.05) is 10.6 Å². The second-order valence-corrected chi connectivity index (χ2v) is 5.40. The molecule has 126 valence electrons. The van der Waals surface area contributed by atoms with Crippen molar-refractivity contribution in [3.63, 3.8) is 0 Å². The molecule has 0 aliphatic rings. The molecule has 25 heavy (non-hydrogen) atoms. The van der Waals surface area contributed by atoms with Gasteiger partial charge in [0.2, 0.25) is 5.95 Å². The first-order valence-corrected chi connectivity index (χ1v) is 7.69. The number of benzene rings is 1. The molecule has 2 aromatic heterocycles. The van der Waals surface area contributed by atoms with E-state index in [0.717, 1.165) is 11.3 Å². The van der Waals surface area contributed by atoms with Gasteiger partial charge in [-0.25, -0.2) is 9.78 Å². The Balaban J connectivity index is 1.79. The maximum Gasteiger partial charge on any atom is 0.337 e. The van der Waals surface area contributed by atoms with E-state index in [1.165, 1.54) is 0 Å². The third kappa shape index (κ3) is 4.29. The highest BCUT2D eigenvalue weighted by Crippen LogP contribution is 2.21. The lowest BCUT2D eigenvalue weighted by molar-refractivity contribution is 0.0698. The Labute approximate surface area is 144 Å². The summed E-state index contributed by atoms with van der Waals surface area (Å²) in [4.78, 5) is 24.1. The van der Waals surface area contributed by atoms with E-state index in [1.807, 2.05) is 19.1 Å². The van der Waals surface area contributed by atoms with Crippen LogP contribution in [0.2, 0.25) is 0 Å². The fraction of sp³-hybridized carbons (Fsp3) is 0.111. The van der Waals surface area contributed by atoms with Crippen LogP contribution in [0.15, 0.2) is 54.9 Å². The van der Waals surface area contributed by atoms with Gasteiger partial charge in [-0.15, -0.1) is 0 Å². The smallest absolute Gasteiger partial charge is 0.337 e. The van der Waals surface area contributed by atoms with Gasteiger partial charge < -0.3 is 15.7 Å². The van der Waals surface area contributed by atoms with Crippen LogP contribution in [0.25, 0.3) is 0 Å². The third-order valence-electron chi connectivity index (χ3n) is 3.47. The predicted molar refractivity (Wildman–Crippen MR) is 95.0 cm³/mol. The van der Waals surface area contributed by atoms with E-state index in [9.17, 15) is 9.90 Å². The van der Waals surface area contributed by atoms with Crippen LogP contribution in [-0.2, 0) is 6.54 Å². The molecule has 3 rings (SSSR count). The van der Waals surface area contributed by atoms with Gasteiger partial charge in [-0.3, -0.25) is 4.98 Å². The number of aryl methyl sites for hydroxylation is 1. The molecule has 0 aliphatic heterocycles. The summed E-state index contributed by atoms with van der Waals surface area (Å²) in [5.41, 5.74) is 2.49. The van der Waals surface area contributed by atoms with Crippen LogP contribution in [0.5, 0.6) is 0 Å². The van der Waals surface area contributed by atoms with Gasteiger partial charge >= 0.3 is 5.97 Å². The normalized spacial score (nSPS) is 10.3. The number of carboxylic acid groups (broad SMARTS) is 1. The van der Waals surface area contributed by atoms with Gasteiger partial charge in [0.1, 0.15) is 5.82 Å². The lowest BCUT2D eigenvalue weighted by Gasteiger charge is -2.11. The van der Waals surface area contributed by atoms with Crippen molar-refractivity contribution in [2.24, 2.45) is 0 Å². The Kier molecular flexibility index (Phi) is 4.84. The molecule has 0 unspecified atom stereocenters. The van der Waals surface area contributed by atoms with E-state index in [4.69, 9.17) is 0 Å². The van der Waals surface area contributed by atoms with Crippen LogP contribution >= 0.6 is 0 Å². The summed E-state index contributed by atoms with van der Waals surface area (Å²) in [6.07, 6.45) is 3.45. The lowest BCUT2D eigenvalue weighted by atomic mass is 10.2. The second kappa shape index (κ2) is 7.39. The molecule has 1 aromatic carbocycles. The molecule has 0 fully saturated rings. The zero-order chi connectivity index (χ0) is 17.6. The molecule has 2 heterocycles. The zero-order valence-corrected chi connectivity index (χ0v) is 13.6. The van der Waals surface area contributed by atoms with Gasteiger partial charge in [-0.05, 0) is 36.8 Å². The van der Waals surface area contributed by atoms with E-state index in [1.54, 1.807) is 42.7 Å². The van der Waals surface area contributed by atoms with Gasteiger partial charge in [-0.1, -0.05) is 12.1 Å².